The Morgan fingerprint density at radius 1 is 0.529 bits per heavy atom. The van der Waals surface area contributed by atoms with Crippen LogP contribution in [0.4, 0.5) is 17.1 Å². The van der Waals surface area contributed by atoms with Gasteiger partial charge in [-0.1, -0.05) is 30.3 Å². The Morgan fingerprint density at radius 3 is 1.35 bits per heavy atom. The van der Waals surface area contributed by atoms with Crippen LogP contribution in [0, 0.1) is 0 Å². The molecule has 7 heteroatoms. The Morgan fingerprint density at radius 2 is 0.912 bits per heavy atom. The lowest BCUT2D eigenvalue weighted by atomic mass is 10.0. The molecule has 1 heterocycles. The molecule has 0 fully saturated rings. The molecule has 0 unspecified atom stereocenters. The Balaban J connectivity index is 0.000000166. The first-order valence-electron chi connectivity index (χ1n) is 10.5. The first kappa shape index (κ1) is 22.3. The molecule has 0 atom stereocenters. The van der Waals surface area contributed by atoms with Crippen molar-refractivity contribution < 1.29 is 9.21 Å². The number of nitrogens with zero attached hydrogens (tertiary/aromatic N) is 2. The number of aromatic nitrogens is 2. The standard InChI is InChI=1S/C14H12N4O.C13H11NO/c15-11-5-1-9(2-6-11)13-17-18-14(19-13)10-3-7-12(16)8-4-10;14-12-8-6-11(7-9-12)13(15)10-4-2-1-3-5-10/h1-8H,15-16H2;1-9H,14H2. The maximum Gasteiger partial charge on any atom is 0.248 e. The normalized spacial score (nSPS) is 10.2. The third-order valence-corrected chi connectivity index (χ3v) is 4.95. The molecule has 34 heavy (non-hydrogen) atoms. The predicted octanol–water partition coefficient (Wildman–Crippen LogP) is 5.07. The fourth-order valence-electron chi connectivity index (χ4n) is 3.10. The summed E-state index contributed by atoms with van der Waals surface area (Å²) >= 11 is 0. The van der Waals surface area contributed by atoms with Gasteiger partial charge in [0.15, 0.2) is 5.78 Å². The van der Waals surface area contributed by atoms with Crippen molar-refractivity contribution in [3.63, 3.8) is 0 Å². The minimum atomic E-state index is 0.0237. The van der Waals surface area contributed by atoms with Gasteiger partial charge in [-0.3, -0.25) is 4.79 Å². The van der Waals surface area contributed by atoms with Gasteiger partial charge in [-0.25, -0.2) is 0 Å². The molecule has 5 rings (SSSR count). The van der Waals surface area contributed by atoms with Crippen molar-refractivity contribution in [3.05, 3.63) is 114 Å². The van der Waals surface area contributed by atoms with Gasteiger partial charge in [0.05, 0.1) is 0 Å². The topological polar surface area (TPSA) is 134 Å². The number of ketones is 1. The summed E-state index contributed by atoms with van der Waals surface area (Å²) in [6, 6.07) is 30.7. The molecular formula is C27H23N5O2. The molecule has 0 amide bonds. The zero-order valence-electron chi connectivity index (χ0n) is 18.3. The number of nitrogens with two attached hydrogens (primary N) is 3. The number of benzene rings is 4. The Kier molecular flexibility index (Phi) is 6.65. The summed E-state index contributed by atoms with van der Waals surface area (Å²) in [4.78, 5) is 11.9. The second-order valence-electron chi connectivity index (χ2n) is 7.47. The number of hydrogen-bond acceptors (Lipinski definition) is 7. The van der Waals surface area contributed by atoms with Crippen molar-refractivity contribution in [2.45, 2.75) is 0 Å². The van der Waals surface area contributed by atoms with E-state index in [4.69, 9.17) is 21.6 Å². The lowest BCUT2D eigenvalue weighted by Crippen LogP contribution is -2.00. The van der Waals surface area contributed by atoms with Crippen molar-refractivity contribution in [1.82, 2.24) is 10.2 Å². The fourth-order valence-corrected chi connectivity index (χ4v) is 3.10. The van der Waals surface area contributed by atoms with Crippen molar-refractivity contribution in [2.75, 3.05) is 17.2 Å². The highest BCUT2D eigenvalue weighted by Crippen LogP contribution is 2.24. The van der Waals surface area contributed by atoms with Crippen LogP contribution >= 0.6 is 0 Å². The van der Waals surface area contributed by atoms with Crippen LogP contribution in [0.1, 0.15) is 15.9 Å². The number of anilines is 3. The summed E-state index contributed by atoms with van der Waals surface area (Å²) < 4.78 is 5.63. The van der Waals surface area contributed by atoms with Crippen molar-refractivity contribution in [2.24, 2.45) is 0 Å². The lowest BCUT2D eigenvalue weighted by Gasteiger charge is -2.00. The van der Waals surface area contributed by atoms with Crippen LogP contribution in [-0.2, 0) is 0 Å². The van der Waals surface area contributed by atoms with Gasteiger partial charge in [0.1, 0.15) is 0 Å². The molecule has 0 spiro atoms. The van der Waals surface area contributed by atoms with Crippen LogP contribution in [0.15, 0.2) is 108 Å². The van der Waals surface area contributed by atoms with E-state index in [9.17, 15) is 4.79 Å². The number of nitrogen functional groups attached to an aromatic ring is 3. The first-order chi connectivity index (χ1) is 16.5. The van der Waals surface area contributed by atoms with E-state index in [2.05, 4.69) is 10.2 Å². The summed E-state index contributed by atoms with van der Waals surface area (Å²) in [7, 11) is 0. The smallest absolute Gasteiger partial charge is 0.248 e. The molecule has 6 N–H and O–H groups in total. The average Bonchev–Trinajstić information content (AvgIpc) is 3.36. The zero-order valence-corrected chi connectivity index (χ0v) is 18.3. The van der Waals surface area contributed by atoms with Crippen LogP contribution in [0.2, 0.25) is 0 Å². The molecule has 1 aromatic heterocycles. The third-order valence-electron chi connectivity index (χ3n) is 4.95. The monoisotopic (exact) mass is 449 g/mol. The van der Waals surface area contributed by atoms with Gasteiger partial charge >= 0.3 is 0 Å². The lowest BCUT2D eigenvalue weighted by molar-refractivity contribution is 0.103. The van der Waals surface area contributed by atoms with Crippen LogP contribution < -0.4 is 17.2 Å². The maximum atomic E-state index is 11.9. The van der Waals surface area contributed by atoms with E-state index in [1.807, 2.05) is 42.5 Å². The van der Waals surface area contributed by atoms with E-state index in [0.717, 1.165) is 11.1 Å². The summed E-state index contributed by atoms with van der Waals surface area (Å²) in [6.07, 6.45) is 0. The summed E-state index contributed by atoms with van der Waals surface area (Å²) in [6.45, 7) is 0. The largest absolute Gasteiger partial charge is 0.416 e. The molecule has 0 aliphatic carbocycles. The van der Waals surface area contributed by atoms with Gasteiger partial charge in [0.2, 0.25) is 11.8 Å². The van der Waals surface area contributed by atoms with E-state index in [-0.39, 0.29) is 5.78 Å². The van der Waals surface area contributed by atoms with Gasteiger partial charge in [-0.2, -0.15) is 0 Å². The Hall–Kier alpha value is -4.91. The van der Waals surface area contributed by atoms with Gasteiger partial charge in [0, 0.05) is 39.3 Å². The molecule has 0 aliphatic rings. The zero-order chi connectivity index (χ0) is 23.9. The highest BCUT2D eigenvalue weighted by Gasteiger charge is 2.10. The summed E-state index contributed by atoms with van der Waals surface area (Å²) in [5.41, 5.74) is 21.9. The van der Waals surface area contributed by atoms with E-state index in [1.54, 1.807) is 60.7 Å². The fraction of sp³-hybridized carbons (Fsp3) is 0. The predicted molar refractivity (Wildman–Crippen MR) is 135 cm³/mol. The van der Waals surface area contributed by atoms with E-state index < -0.39 is 0 Å². The molecule has 168 valence electrons. The molecule has 0 saturated heterocycles. The van der Waals surface area contributed by atoms with Gasteiger partial charge < -0.3 is 21.6 Å². The van der Waals surface area contributed by atoms with Gasteiger partial charge in [0.25, 0.3) is 0 Å². The first-order valence-corrected chi connectivity index (χ1v) is 10.5. The van der Waals surface area contributed by atoms with Gasteiger partial charge in [-0.15, -0.1) is 10.2 Å². The molecule has 0 bridgehead atoms. The molecule has 5 aromatic rings. The number of carbonyl (C=O) groups is 1. The van der Waals surface area contributed by atoms with Crippen LogP contribution in [0.25, 0.3) is 22.9 Å². The number of rotatable bonds is 4. The minimum absolute atomic E-state index is 0.0237. The molecule has 0 radical (unpaired) electrons. The molecular weight excluding hydrogens is 426 g/mol. The highest BCUT2D eigenvalue weighted by atomic mass is 16.4. The van der Waals surface area contributed by atoms with Crippen LogP contribution in [0.5, 0.6) is 0 Å². The highest BCUT2D eigenvalue weighted by molar-refractivity contribution is 6.09. The summed E-state index contributed by atoms with van der Waals surface area (Å²) in [5, 5.41) is 8.05. The molecule has 0 saturated carbocycles. The van der Waals surface area contributed by atoms with E-state index in [1.165, 1.54) is 0 Å². The minimum Gasteiger partial charge on any atom is -0.416 e. The molecule has 7 nitrogen and oxygen atoms in total. The molecule has 4 aromatic carbocycles. The quantitative estimate of drug-likeness (QED) is 0.258. The number of hydrogen-bond donors (Lipinski definition) is 3. The third kappa shape index (κ3) is 5.46. The van der Waals surface area contributed by atoms with Crippen LogP contribution in [-0.4, -0.2) is 16.0 Å². The van der Waals surface area contributed by atoms with Crippen molar-refractivity contribution >= 4 is 22.8 Å². The maximum absolute atomic E-state index is 11.9. The average molecular weight is 450 g/mol. The van der Waals surface area contributed by atoms with Gasteiger partial charge in [-0.05, 0) is 72.8 Å². The van der Waals surface area contributed by atoms with Crippen molar-refractivity contribution in [1.29, 1.82) is 0 Å². The van der Waals surface area contributed by atoms with Crippen molar-refractivity contribution in [3.8, 4) is 22.9 Å². The van der Waals surface area contributed by atoms with Crippen LogP contribution in [0.3, 0.4) is 0 Å². The molecule has 0 aliphatic heterocycles. The number of carbonyl (C=O) groups excluding carboxylic acids is 1. The summed E-state index contributed by atoms with van der Waals surface area (Å²) in [5.74, 6) is 0.953. The van der Waals surface area contributed by atoms with E-state index in [0.29, 0.717) is 40.0 Å². The second-order valence-corrected chi connectivity index (χ2v) is 7.47. The Bertz CT molecular complexity index is 1300. The van der Waals surface area contributed by atoms with E-state index >= 15 is 0 Å². The Labute approximate surface area is 196 Å². The second kappa shape index (κ2) is 10.1. The SMILES string of the molecule is Nc1ccc(-c2nnc(-c3ccc(N)cc3)o2)cc1.Nc1ccc(C(=O)c2ccccc2)cc1.